The lowest BCUT2D eigenvalue weighted by atomic mass is 10.3. The van der Waals surface area contributed by atoms with Crippen molar-refractivity contribution in [3.63, 3.8) is 0 Å². The Morgan fingerprint density at radius 3 is 2.83 bits per heavy atom. The summed E-state index contributed by atoms with van der Waals surface area (Å²) >= 11 is 0.485. The van der Waals surface area contributed by atoms with Crippen molar-refractivity contribution in [3.8, 4) is 0 Å². The fourth-order valence-corrected chi connectivity index (χ4v) is 2.96. The molecule has 0 aliphatic carbocycles. The predicted octanol–water partition coefficient (Wildman–Crippen LogP) is 3.93. The number of alkyl halides is 2. The van der Waals surface area contributed by atoms with E-state index in [1.54, 1.807) is 36.5 Å². The van der Waals surface area contributed by atoms with Crippen molar-refractivity contribution in [3.05, 3.63) is 70.3 Å². The van der Waals surface area contributed by atoms with Gasteiger partial charge >= 0.3 is 0 Å². The highest BCUT2D eigenvalue weighted by Crippen LogP contribution is 2.31. The molecule has 0 amide bonds. The third kappa shape index (κ3) is 3.73. The number of para-hydroxylation sites is 1. The van der Waals surface area contributed by atoms with E-state index in [-0.39, 0.29) is 12.1 Å². The minimum Gasteiger partial charge on any atom is -0.378 e. The average molecular weight is 347 g/mol. The van der Waals surface area contributed by atoms with Crippen molar-refractivity contribution < 1.29 is 8.78 Å². The van der Waals surface area contributed by atoms with Crippen molar-refractivity contribution in [2.75, 3.05) is 5.32 Å². The molecule has 3 rings (SSSR count). The molecule has 0 bridgehead atoms. The number of rotatable bonds is 5. The molecule has 0 saturated carbocycles. The third-order valence-corrected chi connectivity index (χ3v) is 4.21. The van der Waals surface area contributed by atoms with Crippen LogP contribution >= 0.6 is 11.8 Å². The molecule has 2 aromatic heterocycles. The van der Waals surface area contributed by atoms with Gasteiger partial charge in [0.05, 0.1) is 12.2 Å². The lowest BCUT2D eigenvalue weighted by Crippen LogP contribution is -2.17. The number of aromatic nitrogens is 2. The Bertz CT molecular complexity index is 927. The van der Waals surface area contributed by atoms with Gasteiger partial charge < -0.3 is 5.32 Å². The Morgan fingerprint density at radius 2 is 2.04 bits per heavy atom. The summed E-state index contributed by atoms with van der Waals surface area (Å²) in [6.45, 7) is 2.18. The fourth-order valence-electron chi connectivity index (χ4n) is 2.35. The van der Waals surface area contributed by atoms with Crippen LogP contribution in [0.5, 0.6) is 0 Å². The van der Waals surface area contributed by atoms with Crippen LogP contribution in [-0.4, -0.2) is 15.1 Å². The van der Waals surface area contributed by atoms with Crippen molar-refractivity contribution in [2.24, 2.45) is 0 Å². The second-order valence-electron chi connectivity index (χ2n) is 5.25. The second kappa shape index (κ2) is 7.00. The number of halogens is 2. The van der Waals surface area contributed by atoms with Gasteiger partial charge in [-0.3, -0.25) is 9.20 Å². The number of fused-ring (bicyclic) bond motifs is 1. The summed E-state index contributed by atoms with van der Waals surface area (Å²) in [7, 11) is 0. The quantitative estimate of drug-likeness (QED) is 0.711. The van der Waals surface area contributed by atoms with Crippen LogP contribution in [-0.2, 0) is 6.54 Å². The zero-order valence-electron chi connectivity index (χ0n) is 12.9. The molecule has 0 radical (unpaired) electrons. The van der Waals surface area contributed by atoms with Crippen molar-refractivity contribution >= 4 is 23.1 Å². The highest BCUT2D eigenvalue weighted by atomic mass is 32.2. The van der Waals surface area contributed by atoms with Gasteiger partial charge in [0.2, 0.25) is 0 Å². The molecule has 0 unspecified atom stereocenters. The molecule has 7 heteroatoms. The molecule has 2 heterocycles. The normalized spacial score (nSPS) is 11.2. The number of aryl methyl sites for hydroxylation is 1. The molecule has 3 aromatic rings. The Morgan fingerprint density at radius 1 is 1.25 bits per heavy atom. The first kappa shape index (κ1) is 16.4. The van der Waals surface area contributed by atoms with Gasteiger partial charge in [-0.05, 0) is 30.7 Å². The summed E-state index contributed by atoms with van der Waals surface area (Å²) in [5.74, 6) is -2.49. The van der Waals surface area contributed by atoms with Gasteiger partial charge in [-0.2, -0.15) is 8.78 Å². The lowest BCUT2D eigenvalue weighted by molar-refractivity contribution is 0.252. The molecular formula is C17H15F2N3OS. The van der Waals surface area contributed by atoms with E-state index in [0.29, 0.717) is 33.7 Å². The molecule has 0 aliphatic heterocycles. The second-order valence-corrected chi connectivity index (χ2v) is 6.28. The summed E-state index contributed by atoms with van der Waals surface area (Å²) in [5, 5.41) is 3.07. The van der Waals surface area contributed by atoms with Crippen LogP contribution in [0.15, 0.2) is 58.4 Å². The van der Waals surface area contributed by atoms with Crippen LogP contribution in [0.25, 0.3) is 5.65 Å². The first-order chi connectivity index (χ1) is 11.5. The van der Waals surface area contributed by atoms with Crippen LogP contribution in [0.1, 0.15) is 11.3 Å². The Hall–Kier alpha value is -2.41. The molecule has 1 aromatic carbocycles. The molecule has 24 heavy (non-hydrogen) atoms. The number of nitrogens with zero attached hydrogens (tertiary/aromatic N) is 2. The topological polar surface area (TPSA) is 46.4 Å². The third-order valence-electron chi connectivity index (χ3n) is 3.42. The minimum absolute atomic E-state index is 0.171. The van der Waals surface area contributed by atoms with Crippen LogP contribution in [0, 0.1) is 6.92 Å². The van der Waals surface area contributed by atoms with E-state index in [1.807, 2.05) is 13.0 Å². The molecule has 1 N–H and O–H groups in total. The first-order valence-corrected chi connectivity index (χ1v) is 8.17. The Kier molecular flexibility index (Phi) is 4.80. The van der Waals surface area contributed by atoms with E-state index < -0.39 is 5.76 Å². The van der Waals surface area contributed by atoms with E-state index in [1.165, 1.54) is 10.5 Å². The molecule has 124 valence electrons. The van der Waals surface area contributed by atoms with E-state index in [4.69, 9.17) is 0 Å². The van der Waals surface area contributed by atoms with Gasteiger partial charge in [0.1, 0.15) is 5.65 Å². The zero-order chi connectivity index (χ0) is 17.1. The lowest BCUT2D eigenvalue weighted by Gasteiger charge is -2.11. The average Bonchev–Trinajstić information content (AvgIpc) is 2.54. The van der Waals surface area contributed by atoms with Crippen molar-refractivity contribution in [1.82, 2.24) is 9.38 Å². The largest absolute Gasteiger partial charge is 0.378 e. The minimum atomic E-state index is -2.49. The number of nitrogens with one attached hydrogen (secondary N) is 1. The van der Waals surface area contributed by atoms with E-state index in [2.05, 4.69) is 10.3 Å². The molecular weight excluding hydrogens is 332 g/mol. The van der Waals surface area contributed by atoms with Gasteiger partial charge in [-0.15, -0.1) is 0 Å². The number of hydrogen-bond acceptors (Lipinski definition) is 4. The van der Waals surface area contributed by atoms with Gasteiger partial charge in [0.15, 0.2) is 0 Å². The molecule has 0 spiro atoms. The van der Waals surface area contributed by atoms with E-state index in [9.17, 15) is 13.6 Å². The Labute approximate surface area is 141 Å². The molecule has 0 aliphatic rings. The standard InChI is InChI=1S/C17H15F2N3OS/c1-11-6-7-15-21-12(8-16(23)22(15)10-11)9-20-13-4-2-3-5-14(13)24-17(18)19/h2-8,10,17,20H,9H2,1H3. The maximum absolute atomic E-state index is 12.6. The van der Waals surface area contributed by atoms with E-state index >= 15 is 0 Å². The maximum Gasteiger partial charge on any atom is 0.288 e. The van der Waals surface area contributed by atoms with E-state index in [0.717, 1.165) is 5.56 Å². The fraction of sp³-hybridized carbons (Fsp3) is 0.176. The van der Waals surface area contributed by atoms with Crippen LogP contribution in [0.3, 0.4) is 0 Å². The number of hydrogen-bond donors (Lipinski definition) is 1. The monoisotopic (exact) mass is 347 g/mol. The van der Waals surface area contributed by atoms with Crippen LogP contribution in [0.4, 0.5) is 14.5 Å². The van der Waals surface area contributed by atoms with Gasteiger partial charge in [-0.1, -0.05) is 30.0 Å². The van der Waals surface area contributed by atoms with Crippen molar-refractivity contribution in [2.45, 2.75) is 24.1 Å². The summed E-state index contributed by atoms with van der Waals surface area (Å²) < 4.78 is 26.7. The molecule has 4 nitrogen and oxygen atoms in total. The summed E-state index contributed by atoms with van der Waals surface area (Å²) in [5.41, 5.74) is 2.50. The van der Waals surface area contributed by atoms with Gasteiger partial charge in [0.25, 0.3) is 11.3 Å². The highest BCUT2D eigenvalue weighted by Gasteiger charge is 2.10. The van der Waals surface area contributed by atoms with Crippen molar-refractivity contribution in [1.29, 1.82) is 0 Å². The number of anilines is 1. The highest BCUT2D eigenvalue weighted by molar-refractivity contribution is 7.99. The molecule has 0 atom stereocenters. The first-order valence-electron chi connectivity index (χ1n) is 7.29. The summed E-state index contributed by atoms with van der Waals surface area (Å²) in [4.78, 5) is 17.1. The summed E-state index contributed by atoms with van der Waals surface area (Å²) in [6.07, 6.45) is 1.73. The molecule has 0 saturated heterocycles. The van der Waals surface area contributed by atoms with Gasteiger partial charge in [-0.25, -0.2) is 4.98 Å². The van der Waals surface area contributed by atoms with Crippen LogP contribution in [0.2, 0.25) is 0 Å². The molecule has 0 fully saturated rings. The van der Waals surface area contributed by atoms with Gasteiger partial charge in [0, 0.05) is 22.8 Å². The SMILES string of the molecule is Cc1ccc2nc(CNc3ccccc3SC(F)F)cc(=O)n2c1. The Balaban J connectivity index is 1.84. The number of pyridine rings is 1. The number of benzene rings is 1. The predicted molar refractivity (Wildman–Crippen MR) is 91.8 cm³/mol. The summed E-state index contributed by atoms with van der Waals surface area (Å²) in [6, 6.07) is 11.9. The zero-order valence-corrected chi connectivity index (χ0v) is 13.7. The van der Waals surface area contributed by atoms with Crippen LogP contribution < -0.4 is 10.9 Å². The number of thioether (sulfide) groups is 1. The maximum atomic E-state index is 12.6. The smallest absolute Gasteiger partial charge is 0.288 e.